The molecule has 0 fully saturated rings. The van der Waals surface area contributed by atoms with E-state index in [9.17, 15) is 5.11 Å². The molecule has 0 aliphatic rings. The number of aromatic hydroxyl groups is 1. The second kappa shape index (κ2) is 14.4. The predicted octanol–water partition coefficient (Wildman–Crippen LogP) is 11.4. The van der Waals surface area contributed by atoms with Gasteiger partial charge in [0.25, 0.3) is 0 Å². The summed E-state index contributed by atoms with van der Waals surface area (Å²) in [5, 5.41) is 11.5. The first kappa shape index (κ1) is 31.0. The van der Waals surface area contributed by atoms with Crippen molar-refractivity contribution >= 4 is 8.60 Å². The van der Waals surface area contributed by atoms with Crippen molar-refractivity contribution < 1.29 is 18.7 Å². The summed E-state index contributed by atoms with van der Waals surface area (Å²) in [7, 11) is -2.21. The highest BCUT2D eigenvalue weighted by atomic mass is 31.2. The third-order valence-electron chi connectivity index (χ3n) is 8.14. The first-order valence-electron chi connectivity index (χ1n) is 15.8. The Kier molecular flexibility index (Phi) is 9.29. The van der Waals surface area contributed by atoms with E-state index in [1.807, 2.05) is 164 Å². The highest BCUT2D eigenvalue weighted by Crippen LogP contribution is 2.56. The lowest BCUT2D eigenvalue weighted by Crippen LogP contribution is -2.32. The standard InChI is InChI=1S/C43H33O4P/c44-40-30-16-15-29-39(40)43(35-23-9-3-10-24-35,36-25-11-4-12-26-36)47-48(45-41-31-17-13-27-37(41)33-19-5-1-6-20-33)46-42-32-18-14-28-38(42)34-21-7-2-8-22-34/h1-32,44H. The van der Waals surface area contributed by atoms with Crippen molar-refractivity contribution in [2.24, 2.45) is 0 Å². The van der Waals surface area contributed by atoms with Crippen LogP contribution in [0.3, 0.4) is 0 Å². The fraction of sp³-hybridized carbons (Fsp3) is 0.0233. The van der Waals surface area contributed by atoms with E-state index in [2.05, 4.69) is 24.3 Å². The molecule has 0 bridgehead atoms. The van der Waals surface area contributed by atoms with E-state index in [0.29, 0.717) is 17.1 Å². The Morgan fingerprint density at radius 3 is 1.23 bits per heavy atom. The molecule has 0 aromatic heterocycles. The van der Waals surface area contributed by atoms with E-state index < -0.39 is 14.2 Å². The van der Waals surface area contributed by atoms with Gasteiger partial charge in [0.15, 0.2) is 5.60 Å². The molecule has 7 aromatic carbocycles. The molecule has 7 rings (SSSR count). The van der Waals surface area contributed by atoms with Crippen LogP contribution >= 0.6 is 8.60 Å². The van der Waals surface area contributed by atoms with Gasteiger partial charge < -0.3 is 14.2 Å². The van der Waals surface area contributed by atoms with Crippen molar-refractivity contribution in [1.82, 2.24) is 0 Å². The summed E-state index contributed by atoms with van der Waals surface area (Å²) >= 11 is 0. The van der Waals surface area contributed by atoms with E-state index >= 15 is 0 Å². The number of phenols is 1. The summed E-state index contributed by atoms with van der Waals surface area (Å²) in [6.07, 6.45) is 0. The number of para-hydroxylation sites is 3. The predicted molar refractivity (Wildman–Crippen MR) is 194 cm³/mol. The average Bonchev–Trinajstić information content (AvgIpc) is 3.16. The maximum Gasteiger partial charge on any atom is 0.464 e. The van der Waals surface area contributed by atoms with E-state index in [1.54, 1.807) is 6.07 Å². The smallest absolute Gasteiger partial charge is 0.464 e. The van der Waals surface area contributed by atoms with E-state index in [-0.39, 0.29) is 5.75 Å². The monoisotopic (exact) mass is 644 g/mol. The molecule has 0 saturated carbocycles. The average molecular weight is 645 g/mol. The summed E-state index contributed by atoms with van der Waals surface area (Å²) < 4.78 is 21.1. The molecule has 0 spiro atoms. The van der Waals surface area contributed by atoms with Crippen molar-refractivity contribution in [2.75, 3.05) is 0 Å². The topological polar surface area (TPSA) is 47.9 Å². The van der Waals surface area contributed by atoms with Crippen LogP contribution < -0.4 is 9.05 Å². The Bertz CT molecular complexity index is 1950. The molecular weight excluding hydrogens is 611 g/mol. The number of hydrogen-bond donors (Lipinski definition) is 1. The normalized spacial score (nSPS) is 11.3. The van der Waals surface area contributed by atoms with Gasteiger partial charge in [-0.05, 0) is 40.5 Å². The van der Waals surface area contributed by atoms with E-state index in [4.69, 9.17) is 13.6 Å². The summed E-state index contributed by atoms with van der Waals surface area (Å²) in [6.45, 7) is 0. The van der Waals surface area contributed by atoms with Gasteiger partial charge in [-0.1, -0.05) is 176 Å². The molecular formula is C43H33O4P. The van der Waals surface area contributed by atoms with Crippen LogP contribution in [0.15, 0.2) is 194 Å². The summed E-state index contributed by atoms with van der Waals surface area (Å²) in [5.74, 6) is 1.31. The molecule has 0 saturated heterocycles. The van der Waals surface area contributed by atoms with Gasteiger partial charge in [-0.15, -0.1) is 0 Å². The molecule has 0 atom stereocenters. The molecule has 0 aliphatic carbocycles. The Balaban J connectivity index is 1.43. The third kappa shape index (κ3) is 6.45. The van der Waals surface area contributed by atoms with Gasteiger partial charge in [-0.25, -0.2) is 0 Å². The summed E-state index contributed by atoms with van der Waals surface area (Å²) in [4.78, 5) is 0. The van der Waals surface area contributed by atoms with Gasteiger partial charge in [-0.3, -0.25) is 4.52 Å². The van der Waals surface area contributed by atoms with Gasteiger partial charge in [-0.2, -0.15) is 0 Å². The first-order valence-corrected chi connectivity index (χ1v) is 16.9. The lowest BCUT2D eigenvalue weighted by atomic mass is 9.80. The fourth-order valence-electron chi connectivity index (χ4n) is 5.88. The van der Waals surface area contributed by atoms with E-state index in [0.717, 1.165) is 33.4 Å². The zero-order valence-corrected chi connectivity index (χ0v) is 27.0. The van der Waals surface area contributed by atoms with Crippen LogP contribution in [0.4, 0.5) is 0 Å². The van der Waals surface area contributed by atoms with Gasteiger partial charge in [0.2, 0.25) is 0 Å². The second-order valence-electron chi connectivity index (χ2n) is 11.2. The van der Waals surface area contributed by atoms with Crippen LogP contribution in [0.2, 0.25) is 0 Å². The van der Waals surface area contributed by atoms with Crippen molar-refractivity contribution in [2.45, 2.75) is 5.60 Å². The fourth-order valence-corrected chi connectivity index (χ4v) is 7.17. The number of phenolic OH excluding ortho intramolecular Hbond substituents is 1. The number of benzene rings is 7. The first-order chi connectivity index (χ1) is 23.7. The lowest BCUT2D eigenvalue weighted by molar-refractivity contribution is 0.133. The van der Waals surface area contributed by atoms with Crippen LogP contribution in [0.25, 0.3) is 22.3 Å². The highest BCUT2D eigenvalue weighted by Gasteiger charge is 2.44. The highest BCUT2D eigenvalue weighted by molar-refractivity contribution is 7.42. The molecule has 0 unspecified atom stereocenters. The second-order valence-corrected chi connectivity index (χ2v) is 12.1. The van der Waals surface area contributed by atoms with Crippen LogP contribution in [-0.2, 0) is 10.1 Å². The molecule has 48 heavy (non-hydrogen) atoms. The third-order valence-corrected chi connectivity index (χ3v) is 9.26. The Morgan fingerprint density at radius 1 is 0.396 bits per heavy atom. The molecule has 7 aromatic rings. The minimum absolute atomic E-state index is 0.0922. The summed E-state index contributed by atoms with van der Waals surface area (Å²) in [5.41, 5.74) is 4.69. The van der Waals surface area contributed by atoms with Crippen molar-refractivity contribution in [3.05, 3.63) is 211 Å². The SMILES string of the molecule is Oc1ccccc1C(OP(Oc1ccccc1-c1ccccc1)Oc1ccccc1-c1ccccc1)(c1ccccc1)c1ccccc1. The van der Waals surface area contributed by atoms with Gasteiger partial charge in [0, 0.05) is 16.7 Å². The van der Waals surface area contributed by atoms with Crippen molar-refractivity contribution in [3.63, 3.8) is 0 Å². The molecule has 0 aliphatic heterocycles. The largest absolute Gasteiger partial charge is 0.508 e. The van der Waals surface area contributed by atoms with Crippen LogP contribution in [0.5, 0.6) is 17.2 Å². The van der Waals surface area contributed by atoms with Gasteiger partial charge in [0.05, 0.1) is 0 Å². The van der Waals surface area contributed by atoms with Crippen LogP contribution in [0.1, 0.15) is 16.7 Å². The Hall–Kier alpha value is -5.67. The zero-order chi connectivity index (χ0) is 32.6. The number of hydrogen-bond acceptors (Lipinski definition) is 4. The molecule has 234 valence electrons. The van der Waals surface area contributed by atoms with Gasteiger partial charge >= 0.3 is 8.60 Å². The minimum Gasteiger partial charge on any atom is -0.508 e. The maximum absolute atomic E-state index is 11.5. The molecule has 1 N–H and O–H groups in total. The van der Waals surface area contributed by atoms with Crippen molar-refractivity contribution in [3.8, 4) is 39.5 Å². The summed E-state index contributed by atoms with van der Waals surface area (Å²) in [6, 6.07) is 63.1. The van der Waals surface area contributed by atoms with Crippen molar-refractivity contribution in [1.29, 1.82) is 0 Å². The van der Waals surface area contributed by atoms with E-state index in [1.165, 1.54) is 0 Å². The molecule has 4 nitrogen and oxygen atoms in total. The molecule has 0 heterocycles. The maximum atomic E-state index is 11.5. The lowest BCUT2D eigenvalue weighted by Gasteiger charge is -2.37. The molecule has 0 amide bonds. The molecule has 5 heteroatoms. The number of rotatable bonds is 11. The quantitative estimate of drug-likeness (QED) is 0.112. The van der Waals surface area contributed by atoms with Crippen LogP contribution in [0, 0.1) is 0 Å². The zero-order valence-electron chi connectivity index (χ0n) is 26.1. The minimum atomic E-state index is -2.21. The Morgan fingerprint density at radius 2 is 0.771 bits per heavy atom. The van der Waals surface area contributed by atoms with Gasteiger partial charge in [0.1, 0.15) is 17.2 Å². The molecule has 0 radical (unpaired) electrons. The van der Waals surface area contributed by atoms with Crippen LogP contribution in [-0.4, -0.2) is 5.11 Å². The Labute approximate surface area is 282 Å².